The number of carbonyl (C=O) groups is 2. The number of carbonyl (C=O) groups excluding carboxylic acids is 2. The number of aromatic nitrogens is 3. The van der Waals surface area contributed by atoms with E-state index in [1.54, 1.807) is 21.2 Å². The van der Waals surface area contributed by atoms with Gasteiger partial charge in [-0.05, 0) is 18.9 Å². The summed E-state index contributed by atoms with van der Waals surface area (Å²) in [7, 11) is 5.02. The normalized spacial score (nSPS) is 15.2. The number of rotatable bonds is 7. The summed E-state index contributed by atoms with van der Waals surface area (Å²) < 4.78 is 6.94. The molecule has 8 heteroatoms. The lowest BCUT2D eigenvalue weighted by Crippen LogP contribution is -2.39. The number of amides is 2. The Morgan fingerprint density at radius 3 is 2.64 bits per heavy atom. The van der Waals surface area contributed by atoms with Crippen molar-refractivity contribution in [2.45, 2.75) is 37.6 Å². The van der Waals surface area contributed by atoms with Gasteiger partial charge in [-0.15, -0.1) is 5.10 Å². The van der Waals surface area contributed by atoms with Crippen LogP contribution >= 0.6 is 0 Å². The van der Waals surface area contributed by atoms with Crippen LogP contribution in [0.3, 0.4) is 0 Å². The zero-order chi connectivity index (χ0) is 20.1. The molecule has 0 radical (unpaired) electrons. The number of likely N-dealkylation sites (N-methyl/N-ethyl adjacent to an activating group) is 1. The number of benzene rings is 1. The largest absolute Gasteiger partial charge is 0.496 e. The smallest absolute Gasteiger partial charge is 0.273 e. The Bertz CT molecular complexity index is 840. The molecule has 2 aromatic rings. The maximum absolute atomic E-state index is 12.6. The topological polar surface area (TPSA) is 89.4 Å². The molecule has 3 rings (SSSR count). The fourth-order valence-corrected chi connectivity index (χ4v) is 3.78. The lowest BCUT2D eigenvalue weighted by molar-refractivity contribution is -0.129. The van der Waals surface area contributed by atoms with E-state index in [4.69, 9.17) is 4.74 Å². The summed E-state index contributed by atoms with van der Waals surface area (Å²) in [5, 5.41) is 10.8. The molecule has 0 bridgehead atoms. The van der Waals surface area contributed by atoms with Gasteiger partial charge in [0.15, 0.2) is 5.69 Å². The second-order valence-electron chi connectivity index (χ2n) is 7.46. The summed E-state index contributed by atoms with van der Waals surface area (Å²) in [6, 6.07) is 8.01. The number of nitrogens with one attached hydrogen (secondary N) is 1. The third kappa shape index (κ3) is 4.16. The van der Waals surface area contributed by atoms with Crippen LogP contribution in [0.5, 0.6) is 5.75 Å². The van der Waals surface area contributed by atoms with Crippen molar-refractivity contribution >= 4 is 11.8 Å². The molecule has 1 aromatic carbocycles. The minimum Gasteiger partial charge on any atom is -0.496 e. The van der Waals surface area contributed by atoms with Crippen molar-refractivity contribution in [1.29, 1.82) is 0 Å². The van der Waals surface area contributed by atoms with Gasteiger partial charge in [0.1, 0.15) is 12.3 Å². The van der Waals surface area contributed by atoms with Gasteiger partial charge in [-0.25, -0.2) is 4.68 Å². The first-order valence-corrected chi connectivity index (χ1v) is 9.47. The van der Waals surface area contributed by atoms with Crippen LogP contribution in [-0.2, 0) is 16.8 Å². The molecule has 1 heterocycles. The third-order valence-electron chi connectivity index (χ3n) is 5.39. The van der Waals surface area contributed by atoms with Gasteiger partial charge in [-0.1, -0.05) is 36.3 Å². The number of hydrogen-bond donors (Lipinski definition) is 1. The summed E-state index contributed by atoms with van der Waals surface area (Å²) in [6.45, 7) is 0.564. The van der Waals surface area contributed by atoms with Crippen molar-refractivity contribution in [2.75, 3.05) is 27.7 Å². The second kappa shape index (κ2) is 8.41. The highest BCUT2D eigenvalue weighted by molar-refractivity contribution is 5.92. The quantitative estimate of drug-likeness (QED) is 0.782. The molecule has 0 unspecified atom stereocenters. The van der Waals surface area contributed by atoms with E-state index in [1.165, 1.54) is 15.8 Å². The molecule has 0 aliphatic heterocycles. The number of hydrogen-bond acceptors (Lipinski definition) is 5. The lowest BCUT2D eigenvalue weighted by atomic mass is 9.78. The van der Waals surface area contributed by atoms with E-state index >= 15 is 0 Å². The first-order valence-electron chi connectivity index (χ1n) is 9.47. The molecular weight excluding hydrogens is 358 g/mol. The Morgan fingerprint density at radius 2 is 1.96 bits per heavy atom. The number of para-hydroxylation sites is 1. The number of nitrogens with zero attached hydrogens (tertiary/aromatic N) is 4. The Balaban J connectivity index is 1.70. The van der Waals surface area contributed by atoms with E-state index < -0.39 is 0 Å². The summed E-state index contributed by atoms with van der Waals surface area (Å²) in [5.74, 6) is 0.453. The van der Waals surface area contributed by atoms with Crippen LogP contribution in [0.4, 0.5) is 0 Å². The zero-order valence-corrected chi connectivity index (χ0v) is 16.6. The van der Waals surface area contributed by atoms with Gasteiger partial charge < -0.3 is 15.0 Å². The van der Waals surface area contributed by atoms with E-state index in [-0.39, 0.29) is 29.5 Å². The molecule has 1 aromatic heterocycles. The Morgan fingerprint density at radius 1 is 1.25 bits per heavy atom. The third-order valence-corrected chi connectivity index (χ3v) is 5.39. The predicted molar refractivity (Wildman–Crippen MR) is 104 cm³/mol. The van der Waals surface area contributed by atoms with E-state index in [1.807, 2.05) is 18.2 Å². The summed E-state index contributed by atoms with van der Waals surface area (Å²) in [5.41, 5.74) is 1.20. The molecule has 1 N–H and O–H groups in total. The molecule has 0 spiro atoms. The summed E-state index contributed by atoms with van der Waals surface area (Å²) in [4.78, 5) is 25.9. The van der Waals surface area contributed by atoms with Crippen LogP contribution in [0.25, 0.3) is 0 Å². The average molecular weight is 385 g/mol. The van der Waals surface area contributed by atoms with Crippen molar-refractivity contribution in [3.8, 4) is 5.75 Å². The van der Waals surface area contributed by atoms with Crippen molar-refractivity contribution < 1.29 is 14.3 Å². The van der Waals surface area contributed by atoms with Gasteiger partial charge in [-0.2, -0.15) is 0 Å². The highest BCUT2D eigenvalue weighted by Crippen LogP contribution is 2.44. The summed E-state index contributed by atoms with van der Waals surface area (Å²) in [6.07, 6.45) is 5.74. The molecule has 2 amide bonds. The molecule has 0 saturated heterocycles. The van der Waals surface area contributed by atoms with Gasteiger partial charge in [0, 0.05) is 31.6 Å². The van der Waals surface area contributed by atoms with Crippen molar-refractivity contribution in [3.05, 3.63) is 41.7 Å². The van der Waals surface area contributed by atoms with Gasteiger partial charge >= 0.3 is 0 Å². The Labute approximate surface area is 164 Å². The molecule has 0 atom stereocenters. The molecule has 150 valence electrons. The van der Waals surface area contributed by atoms with Crippen molar-refractivity contribution in [2.24, 2.45) is 0 Å². The maximum Gasteiger partial charge on any atom is 0.273 e. The molecule has 1 aliphatic rings. The zero-order valence-electron chi connectivity index (χ0n) is 16.6. The summed E-state index contributed by atoms with van der Waals surface area (Å²) >= 11 is 0. The standard InChI is InChI=1S/C20H27N5O3/c1-24(2)18(26)13-25-12-16(22-23-25)19(27)21-14-20(10-6-7-11-20)15-8-4-5-9-17(15)28-3/h4-5,8-9,12H,6-7,10-11,13-14H2,1-3H3,(H,21,27). The van der Waals surface area contributed by atoms with E-state index in [2.05, 4.69) is 21.7 Å². The maximum atomic E-state index is 12.6. The lowest BCUT2D eigenvalue weighted by Gasteiger charge is -2.31. The minimum atomic E-state index is -0.287. The molecular formula is C20H27N5O3. The van der Waals surface area contributed by atoms with Crippen molar-refractivity contribution in [3.63, 3.8) is 0 Å². The monoisotopic (exact) mass is 385 g/mol. The SMILES string of the molecule is COc1ccccc1C1(CNC(=O)c2cn(CC(=O)N(C)C)nn2)CCCC1. The van der Waals surface area contributed by atoms with Gasteiger partial charge in [0.25, 0.3) is 5.91 Å². The average Bonchev–Trinajstić information content (AvgIpc) is 3.36. The van der Waals surface area contributed by atoms with E-state index in [0.29, 0.717) is 6.54 Å². The predicted octanol–water partition coefficient (Wildman–Crippen LogP) is 1.62. The van der Waals surface area contributed by atoms with E-state index in [0.717, 1.165) is 37.0 Å². The van der Waals surface area contributed by atoms with Gasteiger partial charge in [0.2, 0.25) is 5.91 Å². The molecule has 1 saturated carbocycles. The van der Waals surface area contributed by atoms with Crippen LogP contribution in [0.15, 0.2) is 30.5 Å². The van der Waals surface area contributed by atoms with Gasteiger partial charge in [0.05, 0.1) is 13.3 Å². The number of methoxy groups -OCH3 is 1. The second-order valence-corrected chi connectivity index (χ2v) is 7.46. The van der Waals surface area contributed by atoms with Crippen LogP contribution < -0.4 is 10.1 Å². The van der Waals surface area contributed by atoms with Crippen LogP contribution in [0, 0.1) is 0 Å². The Kier molecular flexibility index (Phi) is 5.96. The van der Waals surface area contributed by atoms with Gasteiger partial charge in [-0.3, -0.25) is 9.59 Å². The molecule has 1 aliphatic carbocycles. The van der Waals surface area contributed by atoms with Crippen LogP contribution in [-0.4, -0.2) is 59.5 Å². The Hall–Kier alpha value is -2.90. The fourth-order valence-electron chi connectivity index (χ4n) is 3.78. The first-order chi connectivity index (χ1) is 13.4. The molecule has 28 heavy (non-hydrogen) atoms. The molecule has 1 fully saturated rings. The minimum absolute atomic E-state index is 0.0540. The van der Waals surface area contributed by atoms with Crippen LogP contribution in [0.1, 0.15) is 41.7 Å². The van der Waals surface area contributed by atoms with E-state index in [9.17, 15) is 9.59 Å². The number of ether oxygens (including phenoxy) is 1. The highest BCUT2D eigenvalue weighted by Gasteiger charge is 2.38. The fraction of sp³-hybridized carbons (Fsp3) is 0.500. The van der Waals surface area contributed by atoms with Crippen LogP contribution in [0.2, 0.25) is 0 Å². The van der Waals surface area contributed by atoms with Crippen molar-refractivity contribution in [1.82, 2.24) is 25.2 Å². The molecule has 8 nitrogen and oxygen atoms in total. The highest BCUT2D eigenvalue weighted by atomic mass is 16.5. The first kappa shape index (κ1) is 19.9.